The van der Waals surface area contributed by atoms with Crippen molar-refractivity contribution < 1.29 is 9.59 Å². The summed E-state index contributed by atoms with van der Waals surface area (Å²) in [4.78, 5) is 36.8. The Morgan fingerprint density at radius 3 is 2.24 bits per heavy atom. The van der Waals surface area contributed by atoms with E-state index in [1.165, 1.54) is 0 Å². The third kappa shape index (κ3) is 5.59. The molecule has 0 spiro atoms. The Kier molecular flexibility index (Phi) is 7.04. The Bertz CT molecular complexity index is 597. The van der Waals surface area contributed by atoms with Crippen LogP contribution in [0.3, 0.4) is 0 Å². The number of nitrogens with one attached hydrogen (secondary N) is 1. The quantitative estimate of drug-likeness (QED) is 0.819. The average molecular weight is 366 g/mol. The first-order chi connectivity index (χ1) is 11.9. The van der Waals surface area contributed by atoms with Gasteiger partial charge in [-0.1, -0.05) is 0 Å². The first kappa shape index (κ1) is 19.5. The number of carbonyl (C=O) groups is 2. The number of rotatable bonds is 6. The lowest BCUT2D eigenvalue weighted by Gasteiger charge is -2.36. The number of hydrogen-bond acceptors (Lipinski definition) is 6. The normalized spacial score (nSPS) is 15.8. The Morgan fingerprint density at radius 2 is 1.72 bits per heavy atom. The zero-order valence-electron chi connectivity index (χ0n) is 15.4. The molecule has 1 saturated heterocycles. The maximum atomic E-state index is 13.0. The molecule has 1 N–H and O–H groups in total. The highest BCUT2D eigenvalue weighted by atomic mass is 32.2. The van der Waals surface area contributed by atoms with Crippen molar-refractivity contribution in [3.05, 3.63) is 17.5 Å². The molecule has 1 aliphatic heterocycles. The van der Waals surface area contributed by atoms with Gasteiger partial charge in [0.2, 0.25) is 17.8 Å². The summed E-state index contributed by atoms with van der Waals surface area (Å²) in [6.45, 7) is 7.73. The van der Waals surface area contributed by atoms with Crippen molar-refractivity contribution in [2.24, 2.45) is 0 Å². The van der Waals surface area contributed by atoms with Gasteiger partial charge in [0.25, 0.3) is 0 Å². The van der Waals surface area contributed by atoms with E-state index in [4.69, 9.17) is 0 Å². The maximum absolute atomic E-state index is 13.0. The van der Waals surface area contributed by atoms with Crippen molar-refractivity contribution >= 4 is 29.5 Å². The van der Waals surface area contributed by atoms with Crippen LogP contribution >= 0.6 is 11.8 Å². The number of aryl methyl sites for hydroxylation is 2. The second-order valence-electron chi connectivity index (χ2n) is 6.28. The van der Waals surface area contributed by atoms with E-state index in [9.17, 15) is 9.59 Å². The zero-order valence-corrected chi connectivity index (χ0v) is 16.2. The number of thioether (sulfide) groups is 1. The second-order valence-corrected chi connectivity index (χ2v) is 7.27. The fourth-order valence-electron chi connectivity index (χ4n) is 2.90. The van der Waals surface area contributed by atoms with Crippen molar-refractivity contribution in [1.29, 1.82) is 0 Å². The molecule has 0 radical (unpaired) electrons. The van der Waals surface area contributed by atoms with E-state index in [0.29, 0.717) is 38.5 Å². The maximum Gasteiger partial charge on any atom is 0.245 e. The molecule has 25 heavy (non-hydrogen) atoms. The number of amides is 2. The van der Waals surface area contributed by atoms with E-state index in [2.05, 4.69) is 15.3 Å². The van der Waals surface area contributed by atoms with Gasteiger partial charge in [-0.15, -0.1) is 0 Å². The molecule has 1 atom stereocenters. The first-order valence-electron chi connectivity index (χ1n) is 8.52. The Balaban J connectivity index is 2.05. The van der Waals surface area contributed by atoms with Gasteiger partial charge in [-0.25, -0.2) is 9.97 Å². The lowest BCUT2D eigenvalue weighted by atomic mass is 10.1. The monoisotopic (exact) mass is 365 g/mol. The van der Waals surface area contributed by atoms with Crippen molar-refractivity contribution in [2.75, 3.05) is 43.5 Å². The summed E-state index contributed by atoms with van der Waals surface area (Å²) in [5.74, 6) is 1.49. The number of piperazine rings is 1. The van der Waals surface area contributed by atoms with Crippen LogP contribution in [0.1, 0.15) is 24.7 Å². The minimum Gasteiger partial charge on any atom is -0.342 e. The van der Waals surface area contributed by atoms with Gasteiger partial charge in [0.15, 0.2) is 0 Å². The van der Waals surface area contributed by atoms with Gasteiger partial charge >= 0.3 is 0 Å². The molecule has 8 heteroatoms. The summed E-state index contributed by atoms with van der Waals surface area (Å²) in [7, 11) is 0. The van der Waals surface area contributed by atoms with Crippen LogP contribution in [0.15, 0.2) is 6.07 Å². The van der Waals surface area contributed by atoms with Gasteiger partial charge in [0, 0.05) is 44.5 Å². The predicted octanol–water partition coefficient (Wildman–Crippen LogP) is 1.32. The van der Waals surface area contributed by atoms with E-state index in [-0.39, 0.29) is 17.9 Å². The van der Waals surface area contributed by atoms with Crippen molar-refractivity contribution in [3.63, 3.8) is 0 Å². The van der Waals surface area contributed by atoms with Crippen LogP contribution in [-0.4, -0.2) is 75.8 Å². The van der Waals surface area contributed by atoms with E-state index in [1.807, 2.05) is 31.1 Å². The Morgan fingerprint density at radius 1 is 1.16 bits per heavy atom. The minimum absolute atomic E-state index is 0.0556. The number of aromatic nitrogens is 2. The summed E-state index contributed by atoms with van der Waals surface area (Å²) in [5.41, 5.74) is 1.75. The van der Waals surface area contributed by atoms with Crippen LogP contribution in [0.5, 0.6) is 0 Å². The van der Waals surface area contributed by atoms with Crippen LogP contribution in [-0.2, 0) is 9.59 Å². The molecule has 2 amide bonds. The SMILES string of the molecule is CSCCC(Nc1nc(C)cc(C)n1)C(=O)N1CCN(C(C)=O)CC1. The first-order valence-corrected chi connectivity index (χ1v) is 9.92. The highest BCUT2D eigenvalue weighted by molar-refractivity contribution is 7.98. The van der Waals surface area contributed by atoms with Crippen molar-refractivity contribution in [3.8, 4) is 0 Å². The molecule has 0 bridgehead atoms. The fourth-order valence-corrected chi connectivity index (χ4v) is 3.37. The molecule has 0 saturated carbocycles. The van der Waals surface area contributed by atoms with E-state index >= 15 is 0 Å². The van der Waals surface area contributed by atoms with Gasteiger partial charge in [0.1, 0.15) is 6.04 Å². The second kappa shape index (κ2) is 9.03. The van der Waals surface area contributed by atoms with Gasteiger partial charge in [-0.2, -0.15) is 11.8 Å². The summed E-state index contributed by atoms with van der Waals surface area (Å²) < 4.78 is 0. The largest absolute Gasteiger partial charge is 0.342 e. The molecule has 2 heterocycles. The summed E-state index contributed by atoms with van der Waals surface area (Å²) >= 11 is 1.71. The Hall–Kier alpha value is -1.83. The van der Waals surface area contributed by atoms with Crippen molar-refractivity contribution in [1.82, 2.24) is 19.8 Å². The van der Waals surface area contributed by atoms with E-state index in [1.54, 1.807) is 23.6 Å². The molecule has 138 valence electrons. The van der Waals surface area contributed by atoms with Crippen LogP contribution in [0.4, 0.5) is 5.95 Å². The third-order valence-corrected chi connectivity index (χ3v) is 4.87. The summed E-state index contributed by atoms with van der Waals surface area (Å²) in [6, 6.07) is 1.56. The number of carbonyl (C=O) groups excluding carboxylic acids is 2. The molecule has 1 aromatic heterocycles. The molecule has 1 unspecified atom stereocenters. The molecule has 0 aromatic carbocycles. The van der Waals surface area contributed by atoms with Crippen molar-refractivity contribution in [2.45, 2.75) is 33.2 Å². The number of nitrogens with zero attached hydrogens (tertiary/aromatic N) is 4. The van der Waals surface area contributed by atoms with Crippen LogP contribution in [0.2, 0.25) is 0 Å². The lowest BCUT2D eigenvalue weighted by Crippen LogP contribution is -2.53. The molecular weight excluding hydrogens is 338 g/mol. The molecular formula is C17H27N5O2S. The summed E-state index contributed by atoms with van der Waals surface area (Å²) in [5, 5.41) is 3.22. The smallest absolute Gasteiger partial charge is 0.245 e. The van der Waals surface area contributed by atoms with Crippen LogP contribution < -0.4 is 5.32 Å². The average Bonchev–Trinajstić information content (AvgIpc) is 2.57. The predicted molar refractivity (Wildman–Crippen MR) is 101 cm³/mol. The molecule has 0 aliphatic carbocycles. The molecule has 7 nitrogen and oxygen atoms in total. The van der Waals surface area contributed by atoms with Gasteiger partial charge in [-0.3, -0.25) is 9.59 Å². The van der Waals surface area contributed by atoms with E-state index < -0.39 is 0 Å². The highest BCUT2D eigenvalue weighted by Crippen LogP contribution is 2.13. The molecule has 2 rings (SSSR count). The van der Waals surface area contributed by atoms with Crippen LogP contribution in [0.25, 0.3) is 0 Å². The van der Waals surface area contributed by atoms with E-state index in [0.717, 1.165) is 17.1 Å². The standard InChI is InChI=1S/C17H27N5O2S/c1-12-11-13(2)19-17(18-12)20-15(5-10-25-4)16(24)22-8-6-21(7-9-22)14(3)23/h11,15H,5-10H2,1-4H3,(H,18,19,20). The molecule has 1 aliphatic rings. The molecule has 1 fully saturated rings. The fraction of sp³-hybridized carbons (Fsp3) is 0.647. The topological polar surface area (TPSA) is 78.4 Å². The summed E-state index contributed by atoms with van der Waals surface area (Å²) in [6.07, 6.45) is 2.74. The lowest BCUT2D eigenvalue weighted by molar-refractivity contribution is -0.138. The Labute approximate surface area is 153 Å². The number of hydrogen-bond donors (Lipinski definition) is 1. The number of anilines is 1. The zero-order chi connectivity index (χ0) is 18.4. The van der Waals surface area contributed by atoms with Crippen LogP contribution in [0, 0.1) is 13.8 Å². The minimum atomic E-state index is -0.350. The molecule has 1 aromatic rings. The highest BCUT2D eigenvalue weighted by Gasteiger charge is 2.28. The van der Waals surface area contributed by atoms with Gasteiger partial charge < -0.3 is 15.1 Å². The van der Waals surface area contributed by atoms with Gasteiger partial charge in [-0.05, 0) is 38.3 Å². The third-order valence-electron chi connectivity index (χ3n) is 4.23. The van der Waals surface area contributed by atoms with Gasteiger partial charge in [0.05, 0.1) is 0 Å².